The molecule has 1 rings (SSSR count). The van der Waals surface area contributed by atoms with Gasteiger partial charge in [-0.25, -0.2) is 0 Å². The summed E-state index contributed by atoms with van der Waals surface area (Å²) in [7, 11) is 1.86. The van der Waals surface area contributed by atoms with Crippen molar-refractivity contribution in [1.82, 2.24) is 4.90 Å². The van der Waals surface area contributed by atoms with Gasteiger partial charge in [-0.1, -0.05) is 11.6 Å². The Hall–Kier alpha value is -1.17. The molecule has 1 aromatic rings. The van der Waals surface area contributed by atoms with E-state index in [9.17, 15) is 15.2 Å². The van der Waals surface area contributed by atoms with Crippen LogP contribution in [0, 0.1) is 10.1 Å². The number of aliphatic hydroxyl groups is 1. The lowest BCUT2D eigenvalue weighted by Crippen LogP contribution is -2.35. The molecule has 0 spiro atoms. The SMILES string of the molecule is CN(Cc1ccc([N+](=O)[O-])cc1Cl)CC(C)(C)O. The van der Waals surface area contributed by atoms with E-state index in [2.05, 4.69) is 0 Å². The van der Waals surface area contributed by atoms with Gasteiger partial charge in [-0.15, -0.1) is 0 Å². The minimum atomic E-state index is -0.790. The minimum absolute atomic E-state index is 0.0195. The number of nitro benzene ring substituents is 1. The van der Waals surface area contributed by atoms with E-state index in [4.69, 9.17) is 11.6 Å². The summed E-state index contributed by atoms with van der Waals surface area (Å²) < 4.78 is 0. The predicted molar refractivity (Wildman–Crippen MR) is 70.7 cm³/mol. The Morgan fingerprint density at radius 3 is 2.56 bits per heavy atom. The number of likely N-dealkylation sites (N-methyl/N-ethyl adjacent to an activating group) is 1. The third-order valence-electron chi connectivity index (χ3n) is 2.34. The monoisotopic (exact) mass is 272 g/mol. The number of benzene rings is 1. The summed E-state index contributed by atoms with van der Waals surface area (Å²) in [5.41, 5.74) is -0.00921. The molecule has 1 N–H and O–H groups in total. The average molecular weight is 273 g/mol. The molecule has 100 valence electrons. The molecule has 5 nitrogen and oxygen atoms in total. The van der Waals surface area contributed by atoms with Crippen LogP contribution in [0.5, 0.6) is 0 Å². The van der Waals surface area contributed by atoms with E-state index in [1.807, 2.05) is 11.9 Å². The maximum Gasteiger partial charge on any atom is 0.270 e. The molecule has 0 amide bonds. The molecule has 0 saturated carbocycles. The zero-order valence-electron chi connectivity index (χ0n) is 10.7. The second-order valence-corrected chi connectivity index (χ2v) is 5.42. The first-order chi connectivity index (χ1) is 8.19. The first-order valence-corrected chi connectivity index (χ1v) is 5.90. The van der Waals surface area contributed by atoms with Crippen molar-refractivity contribution in [3.05, 3.63) is 38.9 Å². The molecule has 0 aliphatic carbocycles. The molecule has 0 aliphatic rings. The van der Waals surface area contributed by atoms with E-state index in [1.54, 1.807) is 19.9 Å². The number of nitrogens with zero attached hydrogens (tertiary/aromatic N) is 2. The van der Waals surface area contributed by atoms with E-state index < -0.39 is 10.5 Å². The topological polar surface area (TPSA) is 66.6 Å². The molecule has 0 aliphatic heterocycles. The Morgan fingerprint density at radius 2 is 2.11 bits per heavy atom. The van der Waals surface area contributed by atoms with Crippen LogP contribution in [0.25, 0.3) is 0 Å². The van der Waals surface area contributed by atoms with Gasteiger partial charge in [-0.3, -0.25) is 15.0 Å². The first kappa shape index (κ1) is 14.9. The zero-order chi connectivity index (χ0) is 13.9. The molecule has 0 bridgehead atoms. The Bertz CT molecular complexity index is 443. The molecular formula is C12H17ClN2O3. The van der Waals surface area contributed by atoms with Gasteiger partial charge in [0, 0.05) is 25.2 Å². The zero-order valence-corrected chi connectivity index (χ0v) is 11.4. The summed E-state index contributed by atoms with van der Waals surface area (Å²) in [6.45, 7) is 4.46. The normalized spacial score (nSPS) is 11.9. The van der Waals surface area contributed by atoms with Crippen molar-refractivity contribution >= 4 is 17.3 Å². The molecular weight excluding hydrogens is 256 g/mol. The number of halogens is 1. The van der Waals surface area contributed by atoms with Gasteiger partial charge in [0.1, 0.15) is 0 Å². The largest absolute Gasteiger partial charge is 0.389 e. The standard InChI is InChI=1S/C12H17ClN2O3/c1-12(2,16)8-14(3)7-9-4-5-10(15(17)18)6-11(9)13/h4-6,16H,7-8H2,1-3H3. The van der Waals surface area contributed by atoms with Crippen molar-refractivity contribution < 1.29 is 10.0 Å². The highest BCUT2D eigenvalue weighted by atomic mass is 35.5. The summed E-state index contributed by atoms with van der Waals surface area (Å²) >= 11 is 6.00. The summed E-state index contributed by atoms with van der Waals surface area (Å²) in [6.07, 6.45) is 0. The molecule has 6 heteroatoms. The van der Waals surface area contributed by atoms with E-state index in [0.29, 0.717) is 18.1 Å². The molecule has 0 radical (unpaired) electrons. The van der Waals surface area contributed by atoms with Crippen LogP contribution in [0.2, 0.25) is 5.02 Å². The Labute approximate surface area is 111 Å². The fourth-order valence-corrected chi connectivity index (χ4v) is 2.02. The van der Waals surface area contributed by atoms with Crippen molar-refractivity contribution in [2.45, 2.75) is 26.0 Å². The molecule has 0 fully saturated rings. The molecule has 0 saturated heterocycles. The van der Waals surface area contributed by atoms with Crippen LogP contribution in [0.4, 0.5) is 5.69 Å². The van der Waals surface area contributed by atoms with Gasteiger partial charge in [0.2, 0.25) is 0 Å². The van der Waals surface area contributed by atoms with Crippen LogP contribution in [0.3, 0.4) is 0 Å². The number of hydrogen-bond donors (Lipinski definition) is 1. The lowest BCUT2D eigenvalue weighted by atomic mass is 10.1. The van der Waals surface area contributed by atoms with Crippen LogP contribution in [0.1, 0.15) is 19.4 Å². The lowest BCUT2D eigenvalue weighted by molar-refractivity contribution is -0.384. The van der Waals surface area contributed by atoms with Gasteiger partial charge in [-0.05, 0) is 32.5 Å². The van der Waals surface area contributed by atoms with Crippen LogP contribution < -0.4 is 0 Å². The second kappa shape index (κ2) is 5.65. The van der Waals surface area contributed by atoms with Gasteiger partial charge >= 0.3 is 0 Å². The first-order valence-electron chi connectivity index (χ1n) is 5.53. The predicted octanol–water partition coefficient (Wildman–Crippen LogP) is 2.45. The Balaban J connectivity index is 2.77. The Kier molecular flexibility index (Phi) is 4.67. The summed E-state index contributed by atoms with van der Waals surface area (Å²) in [5.74, 6) is 0. The van der Waals surface area contributed by atoms with Crippen molar-refractivity contribution in [2.24, 2.45) is 0 Å². The molecule has 0 aromatic heterocycles. The minimum Gasteiger partial charge on any atom is -0.389 e. The van der Waals surface area contributed by atoms with Crippen LogP contribution in [-0.4, -0.2) is 34.1 Å². The van der Waals surface area contributed by atoms with Crippen molar-refractivity contribution in [2.75, 3.05) is 13.6 Å². The summed E-state index contributed by atoms with van der Waals surface area (Å²) in [6, 6.07) is 4.41. The van der Waals surface area contributed by atoms with Gasteiger partial charge in [-0.2, -0.15) is 0 Å². The molecule has 1 aromatic carbocycles. The Morgan fingerprint density at radius 1 is 1.50 bits per heavy atom. The molecule has 0 atom stereocenters. The van der Waals surface area contributed by atoms with Crippen molar-refractivity contribution in [3.8, 4) is 0 Å². The van der Waals surface area contributed by atoms with Gasteiger partial charge in [0.15, 0.2) is 0 Å². The summed E-state index contributed by atoms with van der Waals surface area (Å²) in [5, 5.41) is 20.6. The highest BCUT2D eigenvalue weighted by Gasteiger charge is 2.17. The van der Waals surface area contributed by atoms with Crippen molar-refractivity contribution in [1.29, 1.82) is 0 Å². The van der Waals surface area contributed by atoms with Gasteiger partial charge < -0.3 is 5.11 Å². The van der Waals surface area contributed by atoms with E-state index in [1.165, 1.54) is 12.1 Å². The van der Waals surface area contributed by atoms with Crippen molar-refractivity contribution in [3.63, 3.8) is 0 Å². The van der Waals surface area contributed by atoms with Gasteiger partial charge in [0.25, 0.3) is 5.69 Å². The smallest absolute Gasteiger partial charge is 0.270 e. The lowest BCUT2D eigenvalue weighted by Gasteiger charge is -2.25. The molecule has 0 heterocycles. The van der Waals surface area contributed by atoms with E-state index in [-0.39, 0.29) is 5.69 Å². The number of non-ortho nitro benzene ring substituents is 1. The summed E-state index contributed by atoms with van der Waals surface area (Å²) in [4.78, 5) is 12.0. The second-order valence-electron chi connectivity index (χ2n) is 5.02. The number of rotatable bonds is 5. The maximum atomic E-state index is 10.6. The van der Waals surface area contributed by atoms with Crippen LogP contribution in [0.15, 0.2) is 18.2 Å². The average Bonchev–Trinajstić information content (AvgIpc) is 2.17. The van der Waals surface area contributed by atoms with Crippen LogP contribution in [-0.2, 0) is 6.54 Å². The fourth-order valence-electron chi connectivity index (χ4n) is 1.79. The molecule has 0 unspecified atom stereocenters. The highest BCUT2D eigenvalue weighted by molar-refractivity contribution is 6.31. The van der Waals surface area contributed by atoms with Gasteiger partial charge in [0.05, 0.1) is 15.5 Å². The fraction of sp³-hybridized carbons (Fsp3) is 0.500. The third kappa shape index (κ3) is 4.60. The van der Waals surface area contributed by atoms with E-state index in [0.717, 1.165) is 5.56 Å². The number of nitro groups is 1. The number of hydrogen-bond acceptors (Lipinski definition) is 4. The molecule has 18 heavy (non-hydrogen) atoms. The third-order valence-corrected chi connectivity index (χ3v) is 2.70. The quantitative estimate of drug-likeness (QED) is 0.660. The highest BCUT2D eigenvalue weighted by Crippen LogP contribution is 2.23. The maximum absolute atomic E-state index is 10.6. The van der Waals surface area contributed by atoms with E-state index >= 15 is 0 Å². The van der Waals surface area contributed by atoms with Crippen LogP contribution >= 0.6 is 11.6 Å².